The predicted octanol–water partition coefficient (Wildman–Crippen LogP) is -0.628. The highest BCUT2D eigenvalue weighted by Gasteiger charge is 2.35. The van der Waals surface area contributed by atoms with E-state index in [2.05, 4.69) is 0 Å². The molecule has 0 radical (unpaired) electrons. The van der Waals surface area contributed by atoms with Crippen LogP contribution in [0.4, 0.5) is 0 Å². The minimum Gasteiger partial charge on any atom is -0.396 e. The van der Waals surface area contributed by atoms with Crippen molar-refractivity contribution >= 4 is 0 Å². The molecule has 1 unspecified atom stereocenters. The molecule has 0 aromatic rings. The van der Waals surface area contributed by atoms with Crippen molar-refractivity contribution in [3.8, 4) is 0 Å². The van der Waals surface area contributed by atoms with Gasteiger partial charge in [-0.25, -0.2) is 0 Å². The second-order valence-electron chi connectivity index (χ2n) is 5.41. The first-order chi connectivity index (χ1) is 8.78. The van der Waals surface area contributed by atoms with Gasteiger partial charge in [0.15, 0.2) is 0 Å². The summed E-state index contributed by atoms with van der Waals surface area (Å²) in [7, 11) is 0. The van der Waals surface area contributed by atoms with Crippen LogP contribution < -0.4 is 0 Å². The van der Waals surface area contributed by atoms with Crippen molar-refractivity contribution in [3.63, 3.8) is 0 Å². The molecule has 0 aliphatic carbocycles. The molecule has 0 aliphatic rings. The Kier molecular flexibility index (Phi) is 11.7. The summed E-state index contributed by atoms with van der Waals surface area (Å²) in [5.74, 6) is 0. The number of aliphatic hydroxyl groups excluding tert-OH is 5. The normalized spacial score (nSPS) is 13.7. The lowest BCUT2D eigenvalue weighted by molar-refractivity contribution is -0.102. The lowest BCUT2D eigenvalue weighted by atomic mass is 9.85. The molecule has 0 amide bonds. The molecular formula is C13H30O6. The van der Waals surface area contributed by atoms with Gasteiger partial charge in [0, 0.05) is 12.0 Å². The van der Waals surface area contributed by atoms with Gasteiger partial charge in [0.05, 0.1) is 44.6 Å². The van der Waals surface area contributed by atoms with Gasteiger partial charge < -0.3 is 30.3 Å². The second kappa shape index (κ2) is 10.5. The second-order valence-corrected chi connectivity index (χ2v) is 5.41. The van der Waals surface area contributed by atoms with Crippen LogP contribution in [0.15, 0.2) is 0 Å². The van der Waals surface area contributed by atoms with Crippen molar-refractivity contribution in [3.05, 3.63) is 0 Å². The van der Waals surface area contributed by atoms with Crippen LogP contribution in [0, 0.1) is 10.8 Å². The molecule has 19 heavy (non-hydrogen) atoms. The van der Waals surface area contributed by atoms with Gasteiger partial charge in [0.1, 0.15) is 0 Å². The Balaban J connectivity index is 0. The smallest absolute Gasteiger partial charge is 0.0669 e. The zero-order valence-electron chi connectivity index (χ0n) is 12.5. The number of aliphatic hydroxyl groups is 5. The Morgan fingerprint density at radius 1 is 0.842 bits per heavy atom. The van der Waals surface area contributed by atoms with Gasteiger partial charge in [-0.2, -0.15) is 0 Å². The van der Waals surface area contributed by atoms with Crippen LogP contribution >= 0.6 is 0 Å². The topological polar surface area (TPSA) is 110 Å². The van der Waals surface area contributed by atoms with Gasteiger partial charge in [0.25, 0.3) is 0 Å². The summed E-state index contributed by atoms with van der Waals surface area (Å²) in [4.78, 5) is 0. The molecule has 0 aliphatic heterocycles. The first-order valence-corrected chi connectivity index (χ1v) is 6.45. The van der Waals surface area contributed by atoms with Crippen molar-refractivity contribution in [1.82, 2.24) is 0 Å². The van der Waals surface area contributed by atoms with Crippen LogP contribution in [0.25, 0.3) is 0 Å². The summed E-state index contributed by atoms with van der Waals surface area (Å²) in [6.07, 6.45) is -0.345. The Morgan fingerprint density at radius 2 is 1.21 bits per heavy atom. The van der Waals surface area contributed by atoms with Gasteiger partial charge in [0.2, 0.25) is 0 Å². The molecule has 1 atom stereocenters. The molecule has 0 aromatic carbocycles. The molecule has 118 valence electrons. The zero-order valence-corrected chi connectivity index (χ0v) is 12.5. The van der Waals surface area contributed by atoms with Gasteiger partial charge in [-0.05, 0) is 13.8 Å². The molecule has 6 heteroatoms. The van der Waals surface area contributed by atoms with Crippen LogP contribution in [-0.4, -0.2) is 71.3 Å². The summed E-state index contributed by atoms with van der Waals surface area (Å²) >= 11 is 0. The van der Waals surface area contributed by atoms with E-state index >= 15 is 0 Å². The Hall–Kier alpha value is -0.240. The fourth-order valence-corrected chi connectivity index (χ4v) is 1.01. The maximum absolute atomic E-state index is 8.97. The van der Waals surface area contributed by atoms with E-state index < -0.39 is 5.41 Å². The lowest BCUT2D eigenvalue weighted by Gasteiger charge is -2.33. The number of rotatable bonds is 8. The molecule has 6 nitrogen and oxygen atoms in total. The Morgan fingerprint density at radius 3 is 1.37 bits per heavy atom. The van der Waals surface area contributed by atoms with E-state index in [4.69, 9.17) is 30.3 Å². The summed E-state index contributed by atoms with van der Waals surface area (Å²) < 4.78 is 5.20. The summed E-state index contributed by atoms with van der Waals surface area (Å²) in [5.41, 5.74) is -1.23. The lowest BCUT2D eigenvalue weighted by Crippen LogP contribution is -2.45. The first kappa shape index (κ1) is 21.1. The Bertz CT molecular complexity index is 189. The molecule has 0 heterocycles. The van der Waals surface area contributed by atoms with E-state index in [0.717, 1.165) is 0 Å². The van der Waals surface area contributed by atoms with Crippen molar-refractivity contribution < 1.29 is 30.3 Å². The van der Waals surface area contributed by atoms with Crippen molar-refractivity contribution in [2.45, 2.75) is 33.8 Å². The largest absolute Gasteiger partial charge is 0.396 e. The summed E-state index contributed by atoms with van der Waals surface area (Å²) in [5, 5.41) is 43.8. The van der Waals surface area contributed by atoms with E-state index in [1.54, 1.807) is 20.8 Å². The third kappa shape index (κ3) is 7.81. The SMILES string of the molecule is CC(C)(CO)CO.CCOC(C)C(CO)(CO)CO. The third-order valence-corrected chi connectivity index (χ3v) is 3.08. The van der Waals surface area contributed by atoms with Crippen molar-refractivity contribution in [2.75, 3.05) is 39.6 Å². The number of hydrogen-bond donors (Lipinski definition) is 5. The van der Waals surface area contributed by atoms with Gasteiger partial charge >= 0.3 is 0 Å². The average molecular weight is 282 g/mol. The molecule has 0 aromatic heterocycles. The maximum atomic E-state index is 8.97. The highest BCUT2D eigenvalue weighted by atomic mass is 16.5. The maximum Gasteiger partial charge on any atom is 0.0669 e. The molecule has 0 fully saturated rings. The van der Waals surface area contributed by atoms with Crippen molar-refractivity contribution in [2.24, 2.45) is 10.8 Å². The van der Waals surface area contributed by atoms with Crippen LogP contribution in [0.1, 0.15) is 27.7 Å². The van der Waals surface area contributed by atoms with Gasteiger partial charge in [-0.3, -0.25) is 0 Å². The summed E-state index contributed by atoms with van der Waals surface area (Å²) in [6.45, 7) is 6.92. The highest BCUT2D eigenvalue weighted by molar-refractivity contribution is 4.83. The van der Waals surface area contributed by atoms with Crippen LogP contribution in [0.5, 0.6) is 0 Å². The van der Waals surface area contributed by atoms with Crippen LogP contribution in [0.2, 0.25) is 0 Å². The van der Waals surface area contributed by atoms with Crippen LogP contribution in [0.3, 0.4) is 0 Å². The van der Waals surface area contributed by atoms with E-state index in [-0.39, 0.29) is 44.6 Å². The number of ether oxygens (including phenoxy) is 1. The molecule has 0 saturated heterocycles. The molecule has 0 saturated carbocycles. The minimum atomic E-state index is -0.921. The minimum absolute atomic E-state index is 0.0451. The molecule has 0 rings (SSSR count). The molecule has 0 spiro atoms. The zero-order chi connectivity index (χ0) is 15.5. The van der Waals surface area contributed by atoms with Crippen LogP contribution in [-0.2, 0) is 4.74 Å². The monoisotopic (exact) mass is 282 g/mol. The quantitative estimate of drug-likeness (QED) is 0.405. The Labute approximate surface area is 115 Å². The van der Waals surface area contributed by atoms with E-state index in [0.29, 0.717) is 6.61 Å². The van der Waals surface area contributed by atoms with E-state index in [1.165, 1.54) is 0 Å². The fourth-order valence-electron chi connectivity index (χ4n) is 1.01. The predicted molar refractivity (Wildman–Crippen MR) is 72.7 cm³/mol. The number of hydrogen-bond acceptors (Lipinski definition) is 6. The average Bonchev–Trinajstić information content (AvgIpc) is 2.42. The third-order valence-electron chi connectivity index (χ3n) is 3.08. The van der Waals surface area contributed by atoms with E-state index in [1.807, 2.05) is 6.92 Å². The van der Waals surface area contributed by atoms with Gasteiger partial charge in [-0.1, -0.05) is 13.8 Å². The fraction of sp³-hybridized carbons (Fsp3) is 1.00. The van der Waals surface area contributed by atoms with E-state index in [9.17, 15) is 0 Å². The molecular weight excluding hydrogens is 252 g/mol. The molecule has 0 bridgehead atoms. The molecule has 5 N–H and O–H groups in total. The van der Waals surface area contributed by atoms with Crippen molar-refractivity contribution in [1.29, 1.82) is 0 Å². The van der Waals surface area contributed by atoms with Gasteiger partial charge in [-0.15, -0.1) is 0 Å². The summed E-state index contributed by atoms with van der Waals surface area (Å²) in [6, 6.07) is 0. The first-order valence-electron chi connectivity index (χ1n) is 6.45. The highest BCUT2D eigenvalue weighted by Crippen LogP contribution is 2.22. The standard InChI is InChI=1S/C8H18O4.C5H12O2/c1-3-12-7(2)8(4-9,5-10)6-11;1-5(2,3-6)4-7/h7,9-11H,3-6H2,1-2H3;6-7H,3-4H2,1-2H3.